The second kappa shape index (κ2) is 5.23. The van der Waals surface area contributed by atoms with Crippen molar-refractivity contribution < 1.29 is 9.53 Å². The van der Waals surface area contributed by atoms with Gasteiger partial charge in [0.05, 0.1) is 6.10 Å². The normalized spacial score (nSPS) is 19.9. The predicted molar refractivity (Wildman–Crippen MR) is 62.4 cm³/mol. The molecular formula is C13H17NO2. The highest BCUT2D eigenvalue weighted by Gasteiger charge is 2.17. The maximum absolute atomic E-state index is 11.6. The van der Waals surface area contributed by atoms with Crippen LogP contribution in [0.25, 0.3) is 0 Å². The molecule has 1 atom stereocenters. The molecular weight excluding hydrogens is 202 g/mol. The quantitative estimate of drug-likeness (QED) is 0.789. The summed E-state index contributed by atoms with van der Waals surface area (Å²) in [6.45, 7) is 1.25. The van der Waals surface area contributed by atoms with Crippen molar-refractivity contribution in [2.75, 3.05) is 13.2 Å². The van der Waals surface area contributed by atoms with E-state index in [1.165, 1.54) is 5.56 Å². The summed E-state index contributed by atoms with van der Waals surface area (Å²) in [6, 6.07) is 7.71. The molecule has 1 unspecified atom stereocenters. The molecule has 3 heteroatoms. The monoisotopic (exact) mass is 219 g/mol. The first kappa shape index (κ1) is 11.3. The maximum atomic E-state index is 11.6. The van der Waals surface area contributed by atoms with Gasteiger partial charge in [-0.05, 0) is 24.9 Å². The van der Waals surface area contributed by atoms with E-state index in [2.05, 4.69) is 0 Å². The van der Waals surface area contributed by atoms with Crippen LogP contribution in [0.5, 0.6) is 0 Å². The number of nitrogens with two attached hydrogens (primary N) is 1. The minimum absolute atomic E-state index is 0.112. The fourth-order valence-electron chi connectivity index (χ4n) is 2.00. The molecule has 2 rings (SSSR count). The number of hydrogen-bond donors (Lipinski definition) is 1. The fraction of sp³-hybridized carbons (Fsp3) is 0.462. The second-order valence-electron chi connectivity index (χ2n) is 4.09. The number of ketones is 1. The Labute approximate surface area is 95.6 Å². The molecule has 0 radical (unpaired) electrons. The maximum Gasteiger partial charge on any atom is 0.164 e. The lowest BCUT2D eigenvalue weighted by Crippen LogP contribution is -2.08. The summed E-state index contributed by atoms with van der Waals surface area (Å²) in [6.07, 6.45) is 2.84. The molecule has 1 aliphatic heterocycles. The molecule has 1 saturated heterocycles. The van der Waals surface area contributed by atoms with Crippen LogP contribution in [0, 0.1) is 0 Å². The third-order valence-electron chi connectivity index (χ3n) is 2.91. The van der Waals surface area contributed by atoms with E-state index in [0.29, 0.717) is 13.0 Å². The molecule has 0 spiro atoms. The number of rotatable bonds is 4. The van der Waals surface area contributed by atoms with Gasteiger partial charge >= 0.3 is 0 Å². The van der Waals surface area contributed by atoms with E-state index in [1.807, 2.05) is 24.3 Å². The smallest absolute Gasteiger partial charge is 0.164 e. The van der Waals surface area contributed by atoms with E-state index >= 15 is 0 Å². The molecule has 0 saturated carbocycles. The summed E-state index contributed by atoms with van der Waals surface area (Å²) in [7, 11) is 0. The second-order valence-corrected chi connectivity index (χ2v) is 4.09. The lowest BCUT2D eigenvalue weighted by molar-refractivity contribution is 0.0984. The zero-order valence-corrected chi connectivity index (χ0v) is 9.32. The number of benzene rings is 1. The Balaban J connectivity index is 2.06. The Bertz CT molecular complexity index is 353. The molecule has 3 nitrogen and oxygen atoms in total. The lowest BCUT2D eigenvalue weighted by atomic mass is 10.0. The van der Waals surface area contributed by atoms with E-state index in [-0.39, 0.29) is 11.9 Å². The van der Waals surface area contributed by atoms with Gasteiger partial charge in [0.25, 0.3) is 0 Å². The fourth-order valence-corrected chi connectivity index (χ4v) is 2.00. The van der Waals surface area contributed by atoms with Gasteiger partial charge in [-0.25, -0.2) is 0 Å². The van der Waals surface area contributed by atoms with Gasteiger partial charge in [0.2, 0.25) is 0 Å². The van der Waals surface area contributed by atoms with Crippen LogP contribution < -0.4 is 5.73 Å². The van der Waals surface area contributed by atoms with Crippen molar-refractivity contribution in [3.8, 4) is 0 Å². The van der Waals surface area contributed by atoms with Gasteiger partial charge in [0.15, 0.2) is 5.78 Å². The number of carbonyl (C=O) groups is 1. The Morgan fingerprint density at radius 3 is 2.69 bits per heavy atom. The molecule has 86 valence electrons. The minimum Gasteiger partial charge on any atom is -0.374 e. The molecule has 1 fully saturated rings. The van der Waals surface area contributed by atoms with E-state index < -0.39 is 0 Å². The van der Waals surface area contributed by atoms with Crippen molar-refractivity contribution in [2.24, 2.45) is 5.73 Å². The van der Waals surface area contributed by atoms with Gasteiger partial charge in [-0.1, -0.05) is 24.3 Å². The summed E-state index contributed by atoms with van der Waals surface area (Å²) in [4.78, 5) is 11.6. The zero-order valence-electron chi connectivity index (χ0n) is 9.32. The highest BCUT2D eigenvalue weighted by Crippen LogP contribution is 2.28. The molecule has 1 aromatic rings. The Morgan fingerprint density at radius 1 is 1.38 bits per heavy atom. The van der Waals surface area contributed by atoms with Crippen molar-refractivity contribution in [3.63, 3.8) is 0 Å². The number of hydrogen-bond acceptors (Lipinski definition) is 3. The lowest BCUT2D eigenvalue weighted by Gasteiger charge is -2.09. The Morgan fingerprint density at radius 2 is 2.12 bits per heavy atom. The van der Waals surface area contributed by atoms with Gasteiger partial charge < -0.3 is 10.5 Å². The average molecular weight is 219 g/mol. The average Bonchev–Trinajstić information content (AvgIpc) is 2.83. The van der Waals surface area contributed by atoms with Gasteiger partial charge in [-0.2, -0.15) is 0 Å². The number of Topliss-reactive ketones (excluding diaryl/α,β-unsaturated/α-hetero) is 1. The van der Waals surface area contributed by atoms with E-state index in [9.17, 15) is 4.79 Å². The van der Waals surface area contributed by atoms with Crippen LogP contribution in [0.4, 0.5) is 0 Å². The largest absolute Gasteiger partial charge is 0.374 e. The van der Waals surface area contributed by atoms with Crippen LogP contribution in [-0.4, -0.2) is 18.9 Å². The zero-order chi connectivity index (χ0) is 11.4. The van der Waals surface area contributed by atoms with Gasteiger partial charge in [-0.3, -0.25) is 4.79 Å². The Kier molecular flexibility index (Phi) is 3.70. The minimum atomic E-state index is 0.112. The van der Waals surface area contributed by atoms with Crippen LogP contribution >= 0.6 is 0 Å². The molecule has 0 aliphatic carbocycles. The van der Waals surface area contributed by atoms with E-state index in [4.69, 9.17) is 10.5 Å². The van der Waals surface area contributed by atoms with Crippen LogP contribution in [0.3, 0.4) is 0 Å². The van der Waals surface area contributed by atoms with Crippen LogP contribution in [0.1, 0.15) is 41.3 Å². The molecule has 1 aliphatic rings. The van der Waals surface area contributed by atoms with Crippen molar-refractivity contribution in [2.45, 2.75) is 25.4 Å². The van der Waals surface area contributed by atoms with Crippen molar-refractivity contribution in [3.05, 3.63) is 35.4 Å². The van der Waals surface area contributed by atoms with Crippen LogP contribution in [0.2, 0.25) is 0 Å². The van der Waals surface area contributed by atoms with Gasteiger partial charge in [-0.15, -0.1) is 0 Å². The Hall–Kier alpha value is -1.19. The molecule has 0 amide bonds. The number of ether oxygens (including phenoxy) is 1. The molecule has 0 aromatic heterocycles. The summed E-state index contributed by atoms with van der Waals surface area (Å²) in [5.74, 6) is 0.112. The van der Waals surface area contributed by atoms with Crippen LogP contribution in [-0.2, 0) is 4.74 Å². The first-order valence-electron chi connectivity index (χ1n) is 5.76. The first-order chi connectivity index (χ1) is 7.81. The number of carbonyl (C=O) groups excluding carboxylic acids is 1. The summed E-state index contributed by atoms with van der Waals surface area (Å²) in [5.41, 5.74) is 7.27. The first-order valence-corrected chi connectivity index (χ1v) is 5.76. The van der Waals surface area contributed by atoms with Crippen molar-refractivity contribution >= 4 is 5.78 Å². The van der Waals surface area contributed by atoms with E-state index in [1.54, 1.807) is 0 Å². The van der Waals surface area contributed by atoms with Crippen molar-refractivity contribution in [1.29, 1.82) is 0 Å². The molecule has 1 aromatic carbocycles. The highest BCUT2D eigenvalue weighted by molar-refractivity contribution is 5.96. The third-order valence-corrected chi connectivity index (χ3v) is 2.91. The van der Waals surface area contributed by atoms with Gasteiger partial charge in [0.1, 0.15) is 0 Å². The SMILES string of the molecule is NCCC(=O)c1ccc(C2CCCO2)cc1. The van der Waals surface area contributed by atoms with Gasteiger partial charge in [0, 0.05) is 18.6 Å². The van der Waals surface area contributed by atoms with Crippen molar-refractivity contribution in [1.82, 2.24) is 0 Å². The molecule has 2 N–H and O–H groups in total. The summed E-state index contributed by atoms with van der Waals surface area (Å²) >= 11 is 0. The predicted octanol–water partition coefficient (Wildman–Crippen LogP) is 2.07. The van der Waals surface area contributed by atoms with E-state index in [0.717, 1.165) is 25.0 Å². The summed E-state index contributed by atoms with van der Waals surface area (Å²) in [5, 5.41) is 0. The molecule has 0 bridgehead atoms. The molecule has 1 heterocycles. The molecule has 16 heavy (non-hydrogen) atoms. The highest BCUT2D eigenvalue weighted by atomic mass is 16.5. The third kappa shape index (κ3) is 2.49. The topological polar surface area (TPSA) is 52.3 Å². The van der Waals surface area contributed by atoms with Crippen LogP contribution in [0.15, 0.2) is 24.3 Å². The standard InChI is InChI=1S/C13H17NO2/c14-8-7-12(15)10-3-5-11(6-4-10)13-2-1-9-16-13/h3-6,13H,1-2,7-9,14H2. The summed E-state index contributed by atoms with van der Waals surface area (Å²) < 4.78 is 5.58.